The van der Waals surface area contributed by atoms with Crippen LogP contribution in [0.2, 0.25) is 0 Å². The van der Waals surface area contributed by atoms with Gasteiger partial charge in [-0.2, -0.15) is 5.10 Å². The number of nitrogens with one attached hydrogen (secondary N) is 1. The highest BCUT2D eigenvalue weighted by atomic mass is 32.1. The molecular weight excluding hydrogens is 639 g/mol. The van der Waals surface area contributed by atoms with Crippen LogP contribution in [-0.2, 0) is 9.53 Å². The minimum absolute atomic E-state index is 0.0296. The Balaban J connectivity index is 1.12. The second-order valence-corrected chi connectivity index (χ2v) is 13.4. The molecule has 2 aromatic carbocycles. The highest BCUT2D eigenvalue weighted by Gasteiger charge is 2.33. The lowest BCUT2D eigenvalue weighted by Crippen LogP contribution is -2.41. The molecule has 8 rings (SSSR count). The van der Waals surface area contributed by atoms with Crippen LogP contribution >= 0.6 is 11.3 Å². The molecule has 0 spiro atoms. The quantitative estimate of drug-likeness (QED) is 0.252. The van der Waals surface area contributed by atoms with Crippen LogP contribution in [0.1, 0.15) is 56.0 Å². The molecule has 4 aromatic heterocycles. The number of carbonyl (C=O) groups excluding carboxylic acids is 2. The zero-order chi connectivity index (χ0) is 33.6. The van der Waals surface area contributed by atoms with Gasteiger partial charge in [-0.1, -0.05) is 36.4 Å². The number of ether oxygens (including phenoxy) is 1. The first-order chi connectivity index (χ1) is 23.9. The zero-order valence-electron chi connectivity index (χ0n) is 27.3. The number of benzene rings is 2. The second kappa shape index (κ2) is 12.5. The van der Waals surface area contributed by atoms with Crippen LogP contribution in [-0.4, -0.2) is 78.1 Å². The van der Waals surface area contributed by atoms with E-state index in [-0.39, 0.29) is 18.2 Å². The Bertz CT molecular complexity index is 2260. The lowest BCUT2D eigenvalue weighted by molar-refractivity contribution is -0.135. The summed E-state index contributed by atoms with van der Waals surface area (Å²) in [6, 6.07) is 17.3. The number of carbonyl (C=O) groups is 2. The summed E-state index contributed by atoms with van der Waals surface area (Å²) in [6.07, 6.45) is 5.10. The summed E-state index contributed by atoms with van der Waals surface area (Å²) >= 11 is 1.69. The molecule has 1 saturated heterocycles. The van der Waals surface area contributed by atoms with Gasteiger partial charge in [-0.25, -0.2) is 9.50 Å². The normalized spacial score (nSPS) is 15.8. The minimum Gasteiger partial charge on any atom is -0.378 e. The molecule has 246 valence electrons. The molecule has 1 fully saturated rings. The Morgan fingerprint density at radius 3 is 2.59 bits per heavy atom. The Labute approximate surface area is 286 Å². The third-order valence-corrected chi connectivity index (χ3v) is 10.3. The maximum Gasteiger partial charge on any atom is 0.261 e. The molecule has 0 radical (unpaired) electrons. The van der Waals surface area contributed by atoms with E-state index < -0.39 is 6.04 Å². The van der Waals surface area contributed by atoms with Gasteiger partial charge in [-0.05, 0) is 55.7 Å². The Kier molecular flexibility index (Phi) is 7.85. The van der Waals surface area contributed by atoms with E-state index in [0.717, 1.165) is 44.4 Å². The number of morpholine rings is 1. The van der Waals surface area contributed by atoms with Crippen molar-refractivity contribution in [2.75, 3.05) is 31.6 Å². The predicted octanol–water partition coefficient (Wildman–Crippen LogP) is 5.36. The van der Waals surface area contributed by atoms with Crippen molar-refractivity contribution < 1.29 is 14.3 Å². The first-order valence-electron chi connectivity index (χ1n) is 16.1. The molecule has 0 bridgehead atoms. The highest BCUT2D eigenvalue weighted by Crippen LogP contribution is 2.40. The third-order valence-electron chi connectivity index (χ3n) is 9.11. The van der Waals surface area contributed by atoms with Crippen molar-refractivity contribution in [3.63, 3.8) is 0 Å². The average molecular weight is 672 g/mol. The second-order valence-electron chi connectivity index (χ2n) is 12.2. The van der Waals surface area contributed by atoms with Gasteiger partial charge in [0.15, 0.2) is 11.5 Å². The molecule has 6 aromatic rings. The summed E-state index contributed by atoms with van der Waals surface area (Å²) in [4.78, 5) is 39.3. The lowest BCUT2D eigenvalue weighted by Gasteiger charge is -2.27. The van der Waals surface area contributed by atoms with Crippen molar-refractivity contribution in [1.82, 2.24) is 34.3 Å². The summed E-state index contributed by atoms with van der Waals surface area (Å²) in [7, 11) is 0. The first-order valence-corrected chi connectivity index (χ1v) is 16.9. The van der Waals surface area contributed by atoms with Crippen LogP contribution < -0.4 is 5.32 Å². The van der Waals surface area contributed by atoms with Crippen molar-refractivity contribution in [3.05, 3.63) is 112 Å². The predicted molar refractivity (Wildman–Crippen MR) is 187 cm³/mol. The van der Waals surface area contributed by atoms with Crippen molar-refractivity contribution in [2.24, 2.45) is 4.99 Å². The van der Waals surface area contributed by atoms with Gasteiger partial charge in [0.25, 0.3) is 5.91 Å². The molecule has 49 heavy (non-hydrogen) atoms. The molecule has 12 nitrogen and oxygen atoms in total. The maximum absolute atomic E-state index is 13.5. The summed E-state index contributed by atoms with van der Waals surface area (Å²) in [6.45, 7) is 8.40. The van der Waals surface area contributed by atoms with Gasteiger partial charge in [-0.15, -0.1) is 21.5 Å². The topological polar surface area (TPSA) is 132 Å². The number of aromatic nitrogens is 6. The summed E-state index contributed by atoms with van der Waals surface area (Å²) < 4.78 is 9.12. The van der Waals surface area contributed by atoms with E-state index in [1.54, 1.807) is 34.3 Å². The number of hydrogen-bond donors (Lipinski definition) is 1. The molecule has 2 aliphatic heterocycles. The smallest absolute Gasteiger partial charge is 0.261 e. The number of thiophene rings is 1. The van der Waals surface area contributed by atoms with Crippen molar-refractivity contribution >= 4 is 40.2 Å². The molecule has 13 heteroatoms. The van der Waals surface area contributed by atoms with E-state index >= 15 is 0 Å². The van der Waals surface area contributed by atoms with Crippen molar-refractivity contribution in [1.29, 1.82) is 0 Å². The van der Waals surface area contributed by atoms with Crippen molar-refractivity contribution in [2.45, 2.75) is 33.2 Å². The zero-order valence-corrected chi connectivity index (χ0v) is 28.1. The molecule has 2 amide bonds. The van der Waals surface area contributed by atoms with Gasteiger partial charge in [0.1, 0.15) is 22.4 Å². The third kappa shape index (κ3) is 5.60. The Morgan fingerprint density at radius 1 is 0.980 bits per heavy atom. The first kappa shape index (κ1) is 30.8. The molecule has 0 unspecified atom stereocenters. The van der Waals surface area contributed by atoms with Crippen LogP contribution in [0.4, 0.5) is 5.69 Å². The van der Waals surface area contributed by atoms with Crippen molar-refractivity contribution in [3.8, 4) is 16.1 Å². The van der Waals surface area contributed by atoms with Gasteiger partial charge in [0.05, 0.1) is 31.5 Å². The summed E-state index contributed by atoms with van der Waals surface area (Å²) in [5, 5.41) is 17.2. The Hall–Kier alpha value is -5.53. The van der Waals surface area contributed by atoms with Gasteiger partial charge in [0, 0.05) is 47.2 Å². The van der Waals surface area contributed by atoms with Crippen LogP contribution in [0, 0.1) is 20.8 Å². The van der Waals surface area contributed by atoms with Crippen LogP contribution in [0.5, 0.6) is 0 Å². The van der Waals surface area contributed by atoms with E-state index in [1.165, 1.54) is 11.1 Å². The number of rotatable bonds is 6. The van der Waals surface area contributed by atoms with Gasteiger partial charge >= 0.3 is 0 Å². The fraction of sp³-hybridized carbons (Fsp3) is 0.250. The highest BCUT2D eigenvalue weighted by molar-refractivity contribution is 7.15. The standard InChI is InChI=1S/C36H33N9O3S/c1-21-22(2)49-36-31(21)32(40-29(34-42-41-23(3)45(34)36)19-30(46)43-14-16-48-17-15-43)25-10-8-24(9-11-25)26-6-4-7-27(18-26)39-35(47)28-20-38-44-13-5-12-37-33(28)44/h4-13,18,20,29H,14-17,19H2,1-3H3,(H,39,47)/t29-/m0/s1. The molecule has 1 N–H and O–H groups in total. The van der Waals surface area contributed by atoms with Crippen LogP contribution in [0.25, 0.3) is 21.8 Å². The molecule has 2 aliphatic rings. The van der Waals surface area contributed by atoms with E-state index in [2.05, 4.69) is 68.3 Å². The Morgan fingerprint density at radius 2 is 1.78 bits per heavy atom. The van der Waals surface area contributed by atoms with E-state index in [0.29, 0.717) is 49.0 Å². The number of nitrogens with zero attached hydrogens (tertiary/aromatic N) is 8. The van der Waals surface area contributed by atoms with Crippen LogP contribution in [0.15, 0.2) is 78.2 Å². The van der Waals surface area contributed by atoms with E-state index in [9.17, 15) is 9.59 Å². The fourth-order valence-corrected chi connectivity index (χ4v) is 7.63. The minimum atomic E-state index is -0.505. The number of fused-ring (bicyclic) bond motifs is 4. The number of anilines is 1. The fourth-order valence-electron chi connectivity index (χ4n) is 6.41. The SMILES string of the molecule is Cc1sc2c(c1C)C(c1ccc(-c3cccc(NC(=O)c4cnn5cccnc45)c3)cc1)=N[C@@H](CC(=O)N1CCOCC1)c1nnc(C)n1-2. The summed E-state index contributed by atoms with van der Waals surface area (Å²) in [5.74, 6) is 1.18. The number of hydrogen-bond acceptors (Lipinski definition) is 9. The molecule has 0 aliphatic carbocycles. The molecule has 0 saturated carbocycles. The maximum atomic E-state index is 13.5. The average Bonchev–Trinajstić information content (AvgIpc) is 3.79. The summed E-state index contributed by atoms with van der Waals surface area (Å²) in [5.41, 5.74) is 7.44. The molecular formula is C36H33N9O3S. The molecule has 1 atom stereocenters. The number of amides is 2. The van der Waals surface area contributed by atoms with Gasteiger partial charge in [-0.3, -0.25) is 19.1 Å². The van der Waals surface area contributed by atoms with Gasteiger partial charge in [0.2, 0.25) is 5.91 Å². The number of aliphatic imine (C=N–C) groups is 1. The largest absolute Gasteiger partial charge is 0.378 e. The molecule has 6 heterocycles. The van der Waals surface area contributed by atoms with E-state index in [1.807, 2.05) is 36.1 Å². The van der Waals surface area contributed by atoms with E-state index in [4.69, 9.17) is 9.73 Å². The number of aryl methyl sites for hydroxylation is 2. The van der Waals surface area contributed by atoms with Crippen LogP contribution in [0.3, 0.4) is 0 Å². The lowest BCUT2D eigenvalue weighted by atomic mass is 9.97. The van der Waals surface area contributed by atoms with Gasteiger partial charge < -0.3 is 15.0 Å². The monoisotopic (exact) mass is 671 g/mol.